The highest BCUT2D eigenvalue weighted by Gasteiger charge is 2.11. The van der Waals surface area contributed by atoms with E-state index in [1.807, 2.05) is 16.7 Å². The largest absolute Gasteiger partial charge is 0.305 e. The lowest BCUT2D eigenvalue weighted by Crippen LogP contribution is -2.35. The molecule has 0 aromatic carbocycles. The number of fused-ring (bicyclic) bond motifs is 1. The van der Waals surface area contributed by atoms with Gasteiger partial charge >= 0.3 is 0 Å². The molecule has 5 nitrogen and oxygen atoms in total. The molecule has 80 valence electrons. The Morgan fingerprint density at radius 1 is 1.33 bits per heavy atom. The third-order valence-corrected chi connectivity index (χ3v) is 2.04. The van der Waals surface area contributed by atoms with E-state index in [9.17, 15) is 0 Å². The predicted molar refractivity (Wildman–Crippen MR) is 57.4 cm³/mol. The van der Waals surface area contributed by atoms with Gasteiger partial charge in [-0.1, -0.05) is 0 Å². The van der Waals surface area contributed by atoms with Crippen LogP contribution in [0.2, 0.25) is 0 Å². The van der Waals surface area contributed by atoms with Crippen molar-refractivity contribution in [1.29, 1.82) is 0 Å². The van der Waals surface area contributed by atoms with Gasteiger partial charge in [0.05, 0.1) is 6.54 Å². The van der Waals surface area contributed by atoms with Crippen LogP contribution in [0.25, 0.3) is 5.78 Å². The Morgan fingerprint density at radius 2 is 2.13 bits per heavy atom. The van der Waals surface area contributed by atoms with Gasteiger partial charge in [0.1, 0.15) is 0 Å². The van der Waals surface area contributed by atoms with E-state index in [0.29, 0.717) is 12.3 Å². The zero-order valence-electron chi connectivity index (χ0n) is 9.23. The van der Waals surface area contributed by atoms with Gasteiger partial charge in [-0.15, -0.1) is 10.2 Å². The fraction of sp³-hybridized carbons (Fsp3) is 0.500. The highest BCUT2D eigenvalue weighted by atomic mass is 15.3. The summed E-state index contributed by atoms with van der Waals surface area (Å²) in [5, 5.41) is 11.4. The molecular weight excluding hydrogens is 190 g/mol. The summed E-state index contributed by atoms with van der Waals surface area (Å²) in [6.45, 7) is 7.05. The summed E-state index contributed by atoms with van der Waals surface area (Å²) in [5.74, 6) is 1.52. The Balaban J connectivity index is 2.22. The quantitative estimate of drug-likeness (QED) is 0.795. The first-order valence-corrected chi connectivity index (χ1v) is 4.96. The Bertz CT molecular complexity index is 454. The van der Waals surface area contributed by atoms with Gasteiger partial charge in [-0.2, -0.15) is 0 Å². The van der Waals surface area contributed by atoms with Crippen molar-refractivity contribution in [1.82, 2.24) is 24.9 Å². The molecule has 0 saturated carbocycles. The van der Waals surface area contributed by atoms with Crippen LogP contribution >= 0.6 is 0 Å². The highest BCUT2D eigenvalue weighted by Crippen LogP contribution is 2.03. The molecule has 0 fully saturated rings. The molecule has 15 heavy (non-hydrogen) atoms. The zero-order chi connectivity index (χ0) is 10.9. The molecule has 2 aromatic heterocycles. The Morgan fingerprint density at radius 3 is 2.87 bits per heavy atom. The Kier molecular flexibility index (Phi) is 2.40. The van der Waals surface area contributed by atoms with Crippen molar-refractivity contribution in [3.05, 3.63) is 24.3 Å². The molecule has 2 heterocycles. The van der Waals surface area contributed by atoms with E-state index in [1.165, 1.54) is 0 Å². The van der Waals surface area contributed by atoms with Crippen molar-refractivity contribution in [3.63, 3.8) is 0 Å². The van der Waals surface area contributed by atoms with Gasteiger partial charge in [0.2, 0.25) is 0 Å². The normalized spacial score (nSPS) is 12.2. The predicted octanol–water partition coefficient (Wildman–Crippen LogP) is 1.01. The minimum absolute atomic E-state index is 0.0774. The minimum atomic E-state index is 0.0774. The van der Waals surface area contributed by atoms with Gasteiger partial charge in [0.25, 0.3) is 5.78 Å². The van der Waals surface area contributed by atoms with E-state index in [1.54, 1.807) is 6.20 Å². The topological polar surface area (TPSA) is 55.1 Å². The summed E-state index contributed by atoms with van der Waals surface area (Å²) in [6.07, 6.45) is 3.63. The van der Waals surface area contributed by atoms with Crippen molar-refractivity contribution in [2.45, 2.75) is 32.9 Å². The SMILES string of the molecule is CC(C)(C)NCc1nnc2ncccn12. The average Bonchev–Trinajstić information content (AvgIpc) is 2.57. The maximum absolute atomic E-state index is 4.11. The summed E-state index contributed by atoms with van der Waals surface area (Å²) in [6, 6.07) is 1.87. The number of nitrogens with one attached hydrogen (secondary N) is 1. The Labute approximate surface area is 88.6 Å². The Hall–Kier alpha value is -1.49. The first-order valence-electron chi connectivity index (χ1n) is 4.96. The van der Waals surface area contributed by atoms with Gasteiger partial charge in [-0.25, -0.2) is 4.98 Å². The van der Waals surface area contributed by atoms with Gasteiger partial charge in [-0.05, 0) is 26.8 Å². The number of nitrogens with zero attached hydrogens (tertiary/aromatic N) is 4. The van der Waals surface area contributed by atoms with Crippen LogP contribution in [0, 0.1) is 0 Å². The van der Waals surface area contributed by atoms with Gasteiger partial charge < -0.3 is 5.32 Å². The van der Waals surface area contributed by atoms with Crippen LogP contribution in [-0.4, -0.2) is 25.1 Å². The van der Waals surface area contributed by atoms with Crippen molar-refractivity contribution < 1.29 is 0 Å². The van der Waals surface area contributed by atoms with E-state index in [0.717, 1.165) is 5.82 Å². The van der Waals surface area contributed by atoms with Crippen LogP contribution in [0.5, 0.6) is 0 Å². The first-order chi connectivity index (χ1) is 7.06. The van der Waals surface area contributed by atoms with Crippen LogP contribution in [0.3, 0.4) is 0 Å². The fourth-order valence-electron chi connectivity index (χ4n) is 1.25. The van der Waals surface area contributed by atoms with Gasteiger partial charge in [-0.3, -0.25) is 4.40 Å². The molecule has 0 bridgehead atoms. The van der Waals surface area contributed by atoms with E-state index < -0.39 is 0 Å². The van der Waals surface area contributed by atoms with E-state index >= 15 is 0 Å². The summed E-state index contributed by atoms with van der Waals surface area (Å²) in [5.41, 5.74) is 0.0774. The van der Waals surface area contributed by atoms with Gasteiger partial charge in [0.15, 0.2) is 5.82 Å². The molecule has 0 radical (unpaired) electrons. The second-order valence-corrected chi connectivity index (χ2v) is 4.51. The maximum atomic E-state index is 4.11. The van der Waals surface area contributed by atoms with Crippen molar-refractivity contribution in [2.24, 2.45) is 0 Å². The lowest BCUT2D eigenvalue weighted by molar-refractivity contribution is 0.416. The van der Waals surface area contributed by atoms with Crippen molar-refractivity contribution >= 4 is 5.78 Å². The average molecular weight is 205 g/mol. The highest BCUT2D eigenvalue weighted by molar-refractivity contribution is 5.25. The molecule has 0 atom stereocenters. The first kappa shape index (κ1) is 10.0. The molecule has 5 heteroatoms. The lowest BCUT2D eigenvalue weighted by Gasteiger charge is -2.19. The molecule has 0 aliphatic rings. The third-order valence-electron chi connectivity index (χ3n) is 2.04. The van der Waals surface area contributed by atoms with Crippen LogP contribution in [-0.2, 0) is 6.54 Å². The molecule has 1 N–H and O–H groups in total. The summed E-state index contributed by atoms with van der Waals surface area (Å²) in [4.78, 5) is 4.11. The second-order valence-electron chi connectivity index (χ2n) is 4.51. The molecule has 2 rings (SSSR count). The van der Waals surface area contributed by atoms with Crippen molar-refractivity contribution in [3.8, 4) is 0 Å². The molecule has 0 aliphatic heterocycles. The van der Waals surface area contributed by atoms with Crippen LogP contribution in [0.4, 0.5) is 0 Å². The summed E-state index contributed by atoms with van der Waals surface area (Å²) >= 11 is 0. The molecule has 2 aromatic rings. The van der Waals surface area contributed by atoms with Crippen LogP contribution in [0.15, 0.2) is 18.5 Å². The monoisotopic (exact) mass is 205 g/mol. The fourth-order valence-corrected chi connectivity index (χ4v) is 1.25. The molecule has 0 aliphatic carbocycles. The summed E-state index contributed by atoms with van der Waals surface area (Å²) in [7, 11) is 0. The maximum Gasteiger partial charge on any atom is 0.254 e. The van der Waals surface area contributed by atoms with Crippen LogP contribution in [0.1, 0.15) is 26.6 Å². The number of hydrogen-bond acceptors (Lipinski definition) is 4. The molecule has 0 spiro atoms. The molecular formula is C10H15N5. The summed E-state index contributed by atoms with van der Waals surface area (Å²) < 4.78 is 1.89. The molecule has 0 amide bonds. The van der Waals surface area contributed by atoms with E-state index in [4.69, 9.17) is 0 Å². The zero-order valence-corrected chi connectivity index (χ0v) is 9.23. The third kappa shape index (κ3) is 2.30. The number of rotatable bonds is 2. The standard InChI is InChI=1S/C10H15N5/c1-10(2,3)12-7-8-13-14-9-11-5-4-6-15(8)9/h4-6,12H,7H2,1-3H3. The van der Waals surface area contributed by atoms with E-state index in [-0.39, 0.29) is 5.54 Å². The van der Waals surface area contributed by atoms with Crippen LogP contribution < -0.4 is 5.32 Å². The molecule has 0 unspecified atom stereocenters. The smallest absolute Gasteiger partial charge is 0.254 e. The second kappa shape index (κ2) is 3.58. The minimum Gasteiger partial charge on any atom is -0.305 e. The number of hydrogen-bond donors (Lipinski definition) is 1. The molecule has 0 saturated heterocycles. The lowest BCUT2D eigenvalue weighted by atomic mass is 10.1. The van der Waals surface area contributed by atoms with Crippen molar-refractivity contribution in [2.75, 3.05) is 0 Å². The van der Waals surface area contributed by atoms with E-state index in [2.05, 4.69) is 41.3 Å². The number of aromatic nitrogens is 4. The van der Waals surface area contributed by atoms with Gasteiger partial charge in [0, 0.05) is 17.9 Å².